The number of aliphatic hydroxyl groups is 2. The van der Waals surface area contributed by atoms with Crippen LogP contribution >= 0.6 is 0 Å². The van der Waals surface area contributed by atoms with Crippen LogP contribution in [0.1, 0.15) is 88.0 Å². The third kappa shape index (κ3) is 12.1. The lowest BCUT2D eigenvalue weighted by molar-refractivity contribution is -0.197. The summed E-state index contributed by atoms with van der Waals surface area (Å²) in [5, 5.41) is 22.9. The van der Waals surface area contributed by atoms with E-state index in [0.717, 1.165) is 11.1 Å². The van der Waals surface area contributed by atoms with Gasteiger partial charge in [0.25, 0.3) is 0 Å². The molecule has 0 saturated carbocycles. The van der Waals surface area contributed by atoms with E-state index in [-0.39, 0.29) is 47.9 Å². The molecule has 49 heavy (non-hydrogen) atoms. The first-order valence-corrected chi connectivity index (χ1v) is 17.7. The van der Waals surface area contributed by atoms with Gasteiger partial charge in [0, 0.05) is 43.6 Å². The van der Waals surface area contributed by atoms with Gasteiger partial charge in [-0.05, 0) is 38.2 Å². The van der Waals surface area contributed by atoms with E-state index in [2.05, 4.69) is 19.8 Å². The number of rotatable bonds is 10. The average Bonchev–Trinajstić information content (AvgIpc) is 3.05. The Kier molecular flexibility index (Phi) is 17.3. The molecule has 9 heteroatoms. The summed E-state index contributed by atoms with van der Waals surface area (Å²) in [5.41, 5.74) is 1.82. The van der Waals surface area contributed by atoms with Gasteiger partial charge in [-0.15, -0.1) is 12.3 Å². The van der Waals surface area contributed by atoms with E-state index in [1.165, 1.54) is 14.2 Å². The van der Waals surface area contributed by atoms with Crippen LogP contribution in [0.2, 0.25) is 0 Å². The van der Waals surface area contributed by atoms with Crippen LogP contribution in [0.15, 0.2) is 47.3 Å². The summed E-state index contributed by atoms with van der Waals surface area (Å²) < 4.78 is 30.0. The highest BCUT2D eigenvalue weighted by atomic mass is 16.6. The number of terminal acetylenes is 1. The quantitative estimate of drug-likeness (QED) is 0.201. The van der Waals surface area contributed by atoms with Gasteiger partial charge in [-0.25, -0.2) is 4.79 Å². The largest absolute Gasteiger partial charge is 0.490 e. The zero-order chi connectivity index (χ0) is 37.0. The Morgan fingerprint density at radius 3 is 2.37 bits per heavy atom. The Balaban J connectivity index is 2.48. The second-order valence-electron chi connectivity index (χ2n) is 14.5. The molecule has 0 unspecified atom stereocenters. The number of carbonyl (C=O) groups is 2. The lowest BCUT2D eigenvalue weighted by Gasteiger charge is -2.45. The number of hydrogen-bond acceptors (Lipinski definition) is 9. The van der Waals surface area contributed by atoms with Crippen LogP contribution in [0.3, 0.4) is 0 Å². The molecule has 1 fully saturated rings. The summed E-state index contributed by atoms with van der Waals surface area (Å²) >= 11 is 0. The molecule has 0 spiro atoms. The Labute approximate surface area is 295 Å². The number of cyclic esters (lactones) is 1. The number of ether oxygens (including phenoxy) is 5. The number of allylic oxidation sites excluding steroid dienone is 5. The first kappa shape index (κ1) is 42.3. The molecule has 0 aromatic carbocycles. The van der Waals surface area contributed by atoms with E-state index in [1.807, 2.05) is 72.8 Å². The zero-order valence-electron chi connectivity index (χ0n) is 31.6. The van der Waals surface area contributed by atoms with Gasteiger partial charge in [0.1, 0.15) is 18.3 Å². The van der Waals surface area contributed by atoms with E-state index < -0.39 is 54.4 Å². The van der Waals surface area contributed by atoms with Crippen molar-refractivity contribution in [3.63, 3.8) is 0 Å². The van der Waals surface area contributed by atoms with Crippen LogP contribution in [0.25, 0.3) is 0 Å². The fourth-order valence-corrected chi connectivity index (χ4v) is 7.08. The highest BCUT2D eigenvalue weighted by Crippen LogP contribution is 2.37. The summed E-state index contributed by atoms with van der Waals surface area (Å²) in [7, 11) is 2.93. The zero-order valence-corrected chi connectivity index (χ0v) is 31.6. The van der Waals surface area contributed by atoms with Gasteiger partial charge in [0.15, 0.2) is 0 Å². The Morgan fingerprint density at radius 2 is 1.78 bits per heavy atom. The molecule has 0 amide bonds. The molecule has 2 rings (SSSR count). The molecular formula is C40H62O9. The second-order valence-corrected chi connectivity index (χ2v) is 14.5. The molecule has 1 saturated heterocycles. The standard InChI is InChI=1S/C40H62O9/c1-13-14-18-35(41)47-33-22-32(48-38(23(2)3)29(33)9)28(8)37(43)30(10)39-31(45-11)17-15-16-24(4)19-26(6)36(42)27(7)20-25(5)21-34(46-12)40(44)49-39/h1,15-17,20-21,23,26-33,36-39,42-43H,14,18-19,22H2,2-12H3/b17-15+,24-16+,25-20+,34-21-/t26-,27+,28+,29-,30-,31-,32+,33+,36-,37-,38+,39+/m0/s1. The smallest absolute Gasteiger partial charge is 0.373 e. The molecular weight excluding hydrogens is 624 g/mol. The average molecular weight is 687 g/mol. The molecule has 0 radical (unpaired) electrons. The van der Waals surface area contributed by atoms with Gasteiger partial charge < -0.3 is 33.9 Å². The molecule has 276 valence electrons. The van der Waals surface area contributed by atoms with Crippen molar-refractivity contribution in [1.82, 2.24) is 0 Å². The third-order valence-corrected chi connectivity index (χ3v) is 10.1. The molecule has 2 N–H and O–H groups in total. The number of methoxy groups -OCH3 is 2. The number of aliphatic hydroxyl groups excluding tert-OH is 2. The van der Waals surface area contributed by atoms with Gasteiger partial charge >= 0.3 is 11.9 Å². The predicted molar refractivity (Wildman–Crippen MR) is 191 cm³/mol. The van der Waals surface area contributed by atoms with Gasteiger partial charge in [-0.2, -0.15) is 0 Å². The second kappa shape index (κ2) is 20.1. The molecule has 0 aliphatic carbocycles. The first-order chi connectivity index (χ1) is 23.1. The minimum atomic E-state index is -0.990. The minimum Gasteiger partial charge on any atom is -0.490 e. The van der Waals surface area contributed by atoms with Crippen LogP contribution in [-0.4, -0.2) is 79.1 Å². The minimum absolute atomic E-state index is 0.00132. The number of esters is 2. The highest BCUT2D eigenvalue weighted by molar-refractivity contribution is 5.87. The predicted octanol–water partition coefficient (Wildman–Crippen LogP) is 6.34. The van der Waals surface area contributed by atoms with Crippen LogP contribution < -0.4 is 0 Å². The lowest BCUT2D eigenvalue weighted by atomic mass is 9.78. The molecule has 2 aliphatic rings. The number of carbonyl (C=O) groups excluding carboxylic acids is 2. The van der Waals surface area contributed by atoms with E-state index in [0.29, 0.717) is 19.3 Å². The topological polar surface area (TPSA) is 121 Å². The molecule has 2 aliphatic heterocycles. The Morgan fingerprint density at radius 1 is 1.10 bits per heavy atom. The maximum absolute atomic E-state index is 13.6. The third-order valence-electron chi connectivity index (χ3n) is 10.1. The summed E-state index contributed by atoms with van der Waals surface area (Å²) in [6, 6.07) is 0. The number of hydrogen-bond donors (Lipinski definition) is 2. The normalized spacial score (nSPS) is 36.3. The van der Waals surface area contributed by atoms with Gasteiger partial charge in [-0.1, -0.05) is 83.9 Å². The SMILES string of the molecule is C#CCCC(=O)O[C@@H]1C[C@H]([C@@H](C)[C@H](O)[C@H](C)[C@H]2OC(=O)/C(OC)=C/C(C)=C/[C@@H](C)[C@@H](O)[C@@H](C)C/C(C)=C/C=C/[C@@H]2OC)O[C@H](C(C)C)[C@H]1C. The van der Waals surface area contributed by atoms with Crippen molar-refractivity contribution < 1.29 is 43.5 Å². The van der Waals surface area contributed by atoms with E-state index in [9.17, 15) is 19.8 Å². The summed E-state index contributed by atoms with van der Waals surface area (Å²) in [6.45, 7) is 17.7. The molecule has 12 atom stereocenters. The molecule has 0 aromatic heterocycles. The Hall–Kier alpha value is -2.90. The van der Waals surface area contributed by atoms with Crippen molar-refractivity contribution >= 4 is 11.9 Å². The maximum Gasteiger partial charge on any atom is 0.373 e. The first-order valence-electron chi connectivity index (χ1n) is 17.7. The van der Waals surface area contributed by atoms with Crippen molar-refractivity contribution in [3.8, 4) is 12.3 Å². The van der Waals surface area contributed by atoms with Crippen molar-refractivity contribution in [3.05, 3.63) is 47.3 Å². The van der Waals surface area contributed by atoms with Crippen LogP contribution in [0.5, 0.6) is 0 Å². The fourth-order valence-electron chi connectivity index (χ4n) is 7.08. The molecule has 0 bridgehead atoms. The summed E-state index contributed by atoms with van der Waals surface area (Å²) in [5.74, 6) is 0.329. The van der Waals surface area contributed by atoms with Crippen LogP contribution in [-0.2, 0) is 33.3 Å². The van der Waals surface area contributed by atoms with Crippen LogP contribution in [0.4, 0.5) is 0 Å². The van der Waals surface area contributed by atoms with E-state index >= 15 is 0 Å². The lowest BCUT2D eigenvalue weighted by Crippen LogP contribution is -2.52. The van der Waals surface area contributed by atoms with Crippen LogP contribution in [0, 0.1) is 47.9 Å². The highest BCUT2D eigenvalue weighted by Gasteiger charge is 2.45. The summed E-state index contributed by atoms with van der Waals surface area (Å²) in [4.78, 5) is 26.2. The van der Waals surface area contributed by atoms with Crippen molar-refractivity contribution in [2.24, 2.45) is 35.5 Å². The van der Waals surface area contributed by atoms with Gasteiger partial charge in [0.05, 0.1) is 37.9 Å². The molecule has 0 aromatic rings. The maximum atomic E-state index is 13.6. The van der Waals surface area contributed by atoms with Crippen molar-refractivity contribution in [2.45, 2.75) is 131 Å². The fraction of sp³-hybridized carbons (Fsp3) is 0.700. The van der Waals surface area contributed by atoms with E-state index in [1.54, 1.807) is 6.08 Å². The monoisotopic (exact) mass is 686 g/mol. The molecule has 2 heterocycles. The van der Waals surface area contributed by atoms with E-state index in [4.69, 9.17) is 30.1 Å². The Bertz CT molecular complexity index is 1240. The van der Waals surface area contributed by atoms with Crippen molar-refractivity contribution in [1.29, 1.82) is 0 Å². The molecule has 9 nitrogen and oxygen atoms in total. The van der Waals surface area contributed by atoms with Crippen molar-refractivity contribution in [2.75, 3.05) is 14.2 Å². The van der Waals surface area contributed by atoms with Gasteiger partial charge in [0.2, 0.25) is 5.76 Å². The summed E-state index contributed by atoms with van der Waals surface area (Å²) in [6.07, 6.45) is 11.8. The van der Waals surface area contributed by atoms with Gasteiger partial charge in [-0.3, -0.25) is 4.79 Å².